The van der Waals surface area contributed by atoms with Crippen LogP contribution in [-0.4, -0.2) is 54.4 Å². The van der Waals surface area contributed by atoms with Crippen LogP contribution in [-0.2, 0) is 4.79 Å². The predicted molar refractivity (Wildman–Crippen MR) is 52.9 cm³/mol. The molecule has 16 heavy (non-hydrogen) atoms. The highest BCUT2D eigenvalue weighted by Gasteiger charge is 2.29. The van der Waals surface area contributed by atoms with Gasteiger partial charge in [-0.25, -0.2) is 0 Å². The largest absolute Gasteiger partial charge is 0.405 e. The van der Waals surface area contributed by atoms with Gasteiger partial charge in [-0.05, 0) is 20.9 Å². The van der Waals surface area contributed by atoms with Gasteiger partial charge in [-0.15, -0.1) is 0 Å². The second-order valence-corrected chi connectivity index (χ2v) is 4.22. The van der Waals surface area contributed by atoms with Gasteiger partial charge < -0.3 is 10.4 Å². The number of likely N-dealkylation sites (N-methyl/N-ethyl adjacent to an activating group) is 1. The predicted octanol–water partition coefficient (Wildman–Crippen LogP) is 0.368. The lowest BCUT2D eigenvalue weighted by molar-refractivity contribution is -0.139. The molecular weight excluding hydrogens is 225 g/mol. The molecule has 0 unspecified atom stereocenters. The quantitative estimate of drug-likeness (QED) is 0.732. The molecule has 0 fully saturated rings. The Balaban J connectivity index is 4.07. The first-order valence-corrected chi connectivity index (χ1v) is 4.74. The lowest BCUT2D eigenvalue weighted by Gasteiger charge is -2.33. The summed E-state index contributed by atoms with van der Waals surface area (Å²) < 4.78 is 35.4. The van der Waals surface area contributed by atoms with Crippen molar-refractivity contribution >= 4 is 5.91 Å². The van der Waals surface area contributed by atoms with Crippen LogP contribution in [0.15, 0.2) is 0 Å². The molecular formula is C9H17F3N2O2. The van der Waals surface area contributed by atoms with Gasteiger partial charge in [0.15, 0.2) is 0 Å². The molecule has 7 heteroatoms. The van der Waals surface area contributed by atoms with E-state index in [1.165, 1.54) is 4.90 Å². The Morgan fingerprint density at radius 1 is 1.38 bits per heavy atom. The molecule has 0 aromatic heterocycles. The number of alkyl halides is 3. The van der Waals surface area contributed by atoms with Gasteiger partial charge in [0, 0.05) is 5.54 Å². The Morgan fingerprint density at radius 2 is 1.88 bits per heavy atom. The van der Waals surface area contributed by atoms with Crippen molar-refractivity contribution in [2.45, 2.75) is 25.6 Å². The molecule has 4 nitrogen and oxygen atoms in total. The standard InChI is InChI=1S/C9H17F3N2O2/c1-8(2,6-15)14(3)4-7(16)13-5-9(10,11)12/h15H,4-6H2,1-3H3,(H,13,16). The molecule has 0 aliphatic heterocycles. The van der Waals surface area contributed by atoms with E-state index in [1.807, 2.05) is 0 Å². The van der Waals surface area contributed by atoms with Crippen LogP contribution in [0.2, 0.25) is 0 Å². The second-order valence-electron chi connectivity index (χ2n) is 4.22. The van der Waals surface area contributed by atoms with Crippen LogP contribution in [0.25, 0.3) is 0 Å². The second kappa shape index (κ2) is 5.49. The SMILES string of the molecule is CN(CC(=O)NCC(F)(F)F)C(C)(C)CO. The molecule has 0 bridgehead atoms. The van der Waals surface area contributed by atoms with Crippen molar-refractivity contribution in [3.63, 3.8) is 0 Å². The van der Waals surface area contributed by atoms with Crippen molar-refractivity contribution in [2.24, 2.45) is 0 Å². The number of hydrogen-bond donors (Lipinski definition) is 2. The van der Waals surface area contributed by atoms with Gasteiger partial charge in [0.2, 0.25) is 5.91 Å². The molecule has 0 spiro atoms. The number of carbonyl (C=O) groups is 1. The van der Waals surface area contributed by atoms with E-state index in [-0.39, 0.29) is 13.2 Å². The summed E-state index contributed by atoms with van der Waals surface area (Å²) in [5, 5.41) is 10.7. The first-order valence-electron chi connectivity index (χ1n) is 4.74. The number of halogens is 3. The number of hydrogen-bond acceptors (Lipinski definition) is 3. The van der Waals surface area contributed by atoms with E-state index in [2.05, 4.69) is 0 Å². The molecule has 0 aliphatic rings. The summed E-state index contributed by atoms with van der Waals surface area (Å²) in [6, 6.07) is 0. The summed E-state index contributed by atoms with van der Waals surface area (Å²) in [7, 11) is 1.56. The van der Waals surface area contributed by atoms with Crippen molar-refractivity contribution < 1.29 is 23.1 Å². The fourth-order valence-electron chi connectivity index (χ4n) is 0.805. The van der Waals surface area contributed by atoms with Crippen molar-refractivity contribution in [3.05, 3.63) is 0 Å². The van der Waals surface area contributed by atoms with E-state index < -0.39 is 24.2 Å². The normalized spacial score (nSPS) is 13.0. The molecule has 96 valence electrons. The number of rotatable bonds is 5. The summed E-state index contributed by atoms with van der Waals surface area (Å²) in [5.74, 6) is -0.721. The highest BCUT2D eigenvalue weighted by atomic mass is 19.4. The number of nitrogens with zero attached hydrogens (tertiary/aromatic N) is 1. The summed E-state index contributed by atoms with van der Waals surface area (Å²) in [6.45, 7) is 1.66. The Morgan fingerprint density at radius 3 is 2.25 bits per heavy atom. The van der Waals surface area contributed by atoms with Gasteiger partial charge in [-0.1, -0.05) is 0 Å². The molecule has 0 saturated carbocycles. The van der Waals surface area contributed by atoms with Crippen molar-refractivity contribution in [2.75, 3.05) is 26.7 Å². The zero-order valence-electron chi connectivity index (χ0n) is 9.56. The molecule has 0 aliphatic carbocycles. The third kappa shape index (κ3) is 5.92. The van der Waals surface area contributed by atoms with E-state index in [4.69, 9.17) is 5.11 Å². The van der Waals surface area contributed by atoms with Crippen LogP contribution >= 0.6 is 0 Å². The summed E-state index contributed by atoms with van der Waals surface area (Å²) in [6.07, 6.45) is -4.40. The third-order valence-corrected chi connectivity index (χ3v) is 2.29. The fourth-order valence-corrected chi connectivity index (χ4v) is 0.805. The van der Waals surface area contributed by atoms with Crippen molar-refractivity contribution in [3.8, 4) is 0 Å². The van der Waals surface area contributed by atoms with E-state index in [9.17, 15) is 18.0 Å². The summed E-state index contributed by atoms with van der Waals surface area (Å²) >= 11 is 0. The zero-order chi connectivity index (χ0) is 13.0. The summed E-state index contributed by atoms with van der Waals surface area (Å²) in [4.78, 5) is 12.6. The highest BCUT2D eigenvalue weighted by Crippen LogP contribution is 2.13. The Hall–Kier alpha value is -0.820. The molecule has 0 atom stereocenters. The first kappa shape index (κ1) is 15.2. The van der Waals surface area contributed by atoms with Gasteiger partial charge in [0.25, 0.3) is 0 Å². The van der Waals surface area contributed by atoms with Gasteiger partial charge >= 0.3 is 6.18 Å². The number of amides is 1. The first-order chi connectivity index (χ1) is 7.08. The maximum Gasteiger partial charge on any atom is 0.405 e. The average Bonchev–Trinajstić information content (AvgIpc) is 2.13. The minimum Gasteiger partial charge on any atom is -0.394 e. The minimum atomic E-state index is -4.40. The van der Waals surface area contributed by atoms with Crippen LogP contribution < -0.4 is 5.32 Å². The average molecular weight is 242 g/mol. The van der Waals surface area contributed by atoms with Crippen LogP contribution in [0.5, 0.6) is 0 Å². The zero-order valence-corrected chi connectivity index (χ0v) is 9.56. The molecule has 0 aromatic rings. The number of nitrogens with one attached hydrogen (secondary N) is 1. The van der Waals surface area contributed by atoms with Crippen LogP contribution in [0.3, 0.4) is 0 Å². The van der Waals surface area contributed by atoms with Crippen molar-refractivity contribution in [1.29, 1.82) is 0 Å². The van der Waals surface area contributed by atoms with Crippen LogP contribution in [0.1, 0.15) is 13.8 Å². The van der Waals surface area contributed by atoms with Crippen LogP contribution in [0, 0.1) is 0 Å². The van der Waals surface area contributed by atoms with Gasteiger partial charge in [-0.2, -0.15) is 13.2 Å². The molecule has 0 radical (unpaired) electrons. The Kier molecular flexibility index (Phi) is 5.21. The monoisotopic (exact) mass is 242 g/mol. The van der Waals surface area contributed by atoms with E-state index in [0.29, 0.717) is 0 Å². The molecule has 0 rings (SSSR count). The summed E-state index contributed by atoms with van der Waals surface area (Å²) in [5.41, 5.74) is -0.643. The maximum atomic E-state index is 11.8. The van der Waals surface area contributed by atoms with Gasteiger partial charge in [0.05, 0.1) is 13.2 Å². The molecule has 0 saturated heterocycles. The van der Waals surface area contributed by atoms with Gasteiger partial charge in [-0.3, -0.25) is 9.69 Å². The molecule has 2 N–H and O–H groups in total. The Bertz CT molecular complexity index is 241. The van der Waals surface area contributed by atoms with E-state index >= 15 is 0 Å². The van der Waals surface area contributed by atoms with Crippen LogP contribution in [0.4, 0.5) is 13.2 Å². The number of aliphatic hydroxyl groups excluding tert-OH is 1. The fraction of sp³-hybridized carbons (Fsp3) is 0.889. The Labute approximate surface area is 92.4 Å². The van der Waals surface area contributed by atoms with Crippen molar-refractivity contribution in [1.82, 2.24) is 10.2 Å². The number of aliphatic hydroxyl groups is 1. The highest BCUT2D eigenvalue weighted by molar-refractivity contribution is 5.78. The topological polar surface area (TPSA) is 52.6 Å². The molecule has 0 heterocycles. The van der Waals surface area contributed by atoms with E-state index in [0.717, 1.165) is 0 Å². The smallest absolute Gasteiger partial charge is 0.394 e. The number of carbonyl (C=O) groups excluding carboxylic acids is 1. The maximum absolute atomic E-state index is 11.8. The minimum absolute atomic E-state index is 0.184. The lowest BCUT2D eigenvalue weighted by Crippen LogP contribution is -2.49. The molecule has 0 aromatic carbocycles. The lowest BCUT2D eigenvalue weighted by atomic mass is 10.1. The van der Waals surface area contributed by atoms with E-state index in [1.54, 1.807) is 26.2 Å². The van der Waals surface area contributed by atoms with Gasteiger partial charge in [0.1, 0.15) is 6.54 Å². The molecule has 1 amide bonds. The third-order valence-electron chi connectivity index (χ3n) is 2.29.